The summed E-state index contributed by atoms with van der Waals surface area (Å²) in [6.07, 6.45) is 1.60. The fourth-order valence-corrected chi connectivity index (χ4v) is 2.64. The maximum Gasteiger partial charge on any atom is 0.322 e. The summed E-state index contributed by atoms with van der Waals surface area (Å²) in [5.74, 6) is -0.819. The molecule has 1 N–H and O–H groups in total. The molecule has 1 saturated heterocycles. The Kier molecular flexibility index (Phi) is 3.79. The van der Waals surface area contributed by atoms with Crippen LogP contribution in [0.2, 0.25) is 0 Å². The van der Waals surface area contributed by atoms with Gasteiger partial charge in [0.2, 0.25) is 0 Å². The number of aromatic nitrogens is 1. The summed E-state index contributed by atoms with van der Waals surface area (Å²) in [4.78, 5) is 13.9. The van der Waals surface area contributed by atoms with E-state index in [0.717, 1.165) is 25.0 Å². The van der Waals surface area contributed by atoms with E-state index in [1.807, 2.05) is 0 Å². The van der Waals surface area contributed by atoms with Gasteiger partial charge >= 0.3 is 6.03 Å². The highest BCUT2D eigenvalue weighted by atomic mass is 19.1. The molecule has 2 amide bonds. The Morgan fingerprint density at radius 1 is 1.41 bits per heavy atom. The van der Waals surface area contributed by atoms with E-state index in [0.29, 0.717) is 18.0 Å². The van der Waals surface area contributed by atoms with Crippen molar-refractivity contribution in [3.05, 3.63) is 47.4 Å². The van der Waals surface area contributed by atoms with Gasteiger partial charge in [0.25, 0.3) is 0 Å². The number of nitrogens with zero attached hydrogens (tertiary/aromatic N) is 2. The van der Waals surface area contributed by atoms with Crippen LogP contribution < -0.4 is 5.32 Å². The van der Waals surface area contributed by atoms with E-state index in [4.69, 9.17) is 4.52 Å². The summed E-state index contributed by atoms with van der Waals surface area (Å²) in [6.45, 7) is 2.33. The van der Waals surface area contributed by atoms with Gasteiger partial charge < -0.3 is 14.7 Å². The lowest BCUT2D eigenvalue weighted by atomic mass is 10.1. The number of rotatable bonds is 2. The summed E-state index contributed by atoms with van der Waals surface area (Å²) < 4.78 is 31.6. The molecule has 22 heavy (non-hydrogen) atoms. The van der Waals surface area contributed by atoms with Crippen LogP contribution in [0.4, 0.5) is 19.3 Å². The maximum absolute atomic E-state index is 13.6. The lowest BCUT2D eigenvalue weighted by Crippen LogP contribution is -2.34. The molecule has 1 aliphatic rings. The van der Waals surface area contributed by atoms with Crippen LogP contribution >= 0.6 is 0 Å². The van der Waals surface area contributed by atoms with Crippen LogP contribution in [0.1, 0.15) is 30.3 Å². The zero-order valence-corrected chi connectivity index (χ0v) is 12.0. The molecule has 116 valence electrons. The highest BCUT2D eigenvalue weighted by molar-refractivity contribution is 5.89. The van der Waals surface area contributed by atoms with E-state index in [2.05, 4.69) is 10.5 Å². The zero-order valence-electron chi connectivity index (χ0n) is 12.0. The highest BCUT2D eigenvalue weighted by Gasteiger charge is 2.32. The van der Waals surface area contributed by atoms with Crippen LogP contribution in [0.5, 0.6) is 0 Å². The summed E-state index contributed by atoms with van der Waals surface area (Å²) in [7, 11) is 0. The van der Waals surface area contributed by atoms with Crippen molar-refractivity contribution in [1.29, 1.82) is 0 Å². The highest BCUT2D eigenvalue weighted by Crippen LogP contribution is 2.32. The van der Waals surface area contributed by atoms with Crippen molar-refractivity contribution in [3.63, 3.8) is 0 Å². The van der Waals surface area contributed by atoms with E-state index < -0.39 is 17.7 Å². The average Bonchev–Trinajstić information content (AvgIpc) is 3.10. The molecule has 0 spiro atoms. The van der Waals surface area contributed by atoms with E-state index in [1.54, 1.807) is 17.9 Å². The number of likely N-dealkylation sites (tertiary alicyclic amines) is 1. The second-order valence-corrected chi connectivity index (χ2v) is 5.27. The number of hydrogen-bond donors (Lipinski definition) is 1. The molecule has 2 heterocycles. The topological polar surface area (TPSA) is 58.4 Å². The Balaban J connectivity index is 1.76. The molecule has 0 unspecified atom stereocenters. The number of nitrogens with one attached hydrogen (secondary N) is 1. The Morgan fingerprint density at radius 3 is 2.91 bits per heavy atom. The molecule has 0 radical (unpaired) electrons. The van der Waals surface area contributed by atoms with E-state index >= 15 is 0 Å². The number of hydrogen-bond acceptors (Lipinski definition) is 3. The van der Waals surface area contributed by atoms with E-state index in [1.165, 1.54) is 6.07 Å². The standard InChI is InChI=1S/C15H15F2N3O2/c1-9-7-13(19-22-9)14-3-2-6-20(14)15(21)18-12-5-4-10(16)8-11(12)17/h4-5,7-8,14H,2-3,6H2,1H3,(H,18,21)/t14-/m1/s1. The first kappa shape index (κ1) is 14.5. The van der Waals surface area contributed by atoms with E-state index in [9.17, 15) is 13.6 Å². The maximum atomic E-state index is 13.6. The van der Waals surface area contributed by atoms with Gasteiger partial charge in [-0.05, 0) is 31.9 Å². The number of carbonyl (C=O) groups excluding carboxylic acids is 1. The third-order valence-electron chi connectivity index (χ3n) is 3.67. The molecule has 2 aromatic rings. The first-order valence-corrected chi connectivity index (χ1v) is 7.00. The summed E-state index contributed by atoms with van der Waals surface area (Å²) in [5, 5.41) is 6.42. The van der Waals surface area contributed by atoms with Crippen molar-refractivity contribution in [1.82, 2.24) is 10.1 Å². The Hall–Kier alpha value is -2.44. The van der Waals surface area contributed by atoms with Gasteiger partial charge in [0.15, 0.2) is 0 Å². The molecule has 0 aliphatic carbocycles. The van der Waals surface area contributed by atoms with Gasteiger partial charge in [0.05, 0.1) is 11.7 Å². The molecular weight excluding hydrogens is 292 g/mol. The molecule has 7 heteroatoms. The predicted octanol–water partition coefficient (Wildman–Crippen LogP) is 3.63. The zero-order chi connectivity index (χ0) is 15.7. The summed E-state index contributed by atoms with van der Waals surface area (Å²) >= 11 is 0. The molecule has 1 aromatic carbocycles. The first-order chi connectivity index (χ1) is 10.5. The fourth-order valence-electron chi connectivity index (χ4n) is 2.64. The van der Waals surface area contributed by atoms with Crippen LogP contribution in [0.25, 0.3) is 0 Å². The third kappa shape index (κ3) is 2.79. The molecular formula is C15H15F2N3O2. The van der Waals surface area contributed by atoms with Crippen LogP contribution in [-0.2, 0) is 0 Å². The van der Waals surface area contributed by atoms with Crippen molar-refractivity contribution in [2.45, 2.75) is 25.8 Å². The second-order valence-electron chi connectivity index (χ2n) is 5.27. The Bertz CT molecular complexity index is 702. The second kappa shape index (κ2) is 5.75. The Morgan fingerprint density at radius 2 is 2.23 bits per heavy atom. The van der Waals surface area contributed by atoms with Gasteiger partial charge in [-0.3, -0.25) is 0 Å². The van der Waals surface area contributed by atoms with Crippen molar-refractivity contribution < 1.29 is 18.1 Å². The molecule has 5 nitrogen and oxygen atoms in total. The Labute approximate surface area is 125 Å². The molecule has 0 bridgehead atoms. The van der Waals surface area contributed by atoms with Crippen molar-refractivity contribution in [2.24, 2.45) is 0 Å². The predicted molar refractivity (Wildman–Crippen MR) is 75.3 cm³/mol. The van der Waals surface area contributed by atoms with Gasteiger partial charge in [-0.25, -0.2) is 13.6 Å². The van der Waals surface area contributed by atoms with Crippen molar-refractivity contribution in [2.75, 3.05) is 11.9 Å². The molecule has 1 atom stereocenters. The first-order valence-electron chi connectivity index (χ1n) is 7.00. The fraction of sp³-hybridized carbons (Fsp3) is 0.333. The minimum Gasteiger partial charge on any atom is -0.361 e. The number of aryl methyl sites for hydroxylation is 1. The number of amides is 2. The number of urea groups is 1. The van der Waals surface area contributed by atoms with Gasteiger partial charge in [0.1, 0.15) is 23.1 Å². The lowest BCUT2D eigenvalue weighted by molar-refractivity contribution is 0.204. The number of halogens is 2. The summed E-state index contributed by atoms with van der Waals surface area (Å²) in [5.41, 5.74) is 0.637. The molecule has 3 rings (SSSR count). The quantitative estimate of drug-likeness (QED) is 0.921. The van der Waals surface area contributed by atoms with E-state index in [-0.39, 0.29) is 11.7 Å². The molecule has 0 saturated carbocycles. The van der Waals surface area contributed by atoms with Crippen LogP contribution in [0, 0.1) is 18.6 Å². The number of anilines is 1. The lowest BCUT2D eigenvalue weighted by Gasteiger charge is -2.23. The largest absolute Gasteiger partial charge is 0.361 e. The van der Waals surface area contributed by atoms with Gasteiger partial charge in [-0.2, -0.15) is 0 Å². The summed E-state index contributed by atoms with van der Waals surface area (Å²) in [6, 6.07) is 4.19. The third-order valence-corrected chi connectivity index (χ3v) is 3.67. The average molecular weight is 307 g/mol. The van der Waals surface area contributed by atoms with Crippen molar-refractivity contribution in [3.8, 4) is 0 Å². The monoisotopic (exact) mass is 307 g/mol. The normalized spacial score (nSPS) is 17.8. The van der Waals surface area contributed by atoms with Gasteiger partial charge in [0, 0.05) is 18.7 Å². The van der Waals surface area contributed by atoms with Crippen LogP contribution in [0.3, 0.4) is 0 Å². The molecule has 1 aromatic heterocycles. The number of benzene rings is 1. The van der Waals surface area contributed by atoms with Crippen molar-refractivity contribution >= 4 is 11.7 Å². The molecule has 1 aliphatic heterocycles. The van der Waals surface area contributed by atoms with Gasteiger partial charge in [-0.15, -0.1) is 0 Å². The van der Waals surface area contributed by atoms with Crippen LogP contribution in [0.15, 0.2) is 28.8 Å². The number of carbonyl (C=O) groups is 1. The minimum atomic E-state index is -0.804. The van der Waals surface area contributed by atoms with Gasteiger partial charge in [-0.1, -0.05) is 5.16 Å². The minimum absolute atomic E-state index is 0.0478. The van der Waals surface area contributed by atoms with Crippen LogP contribution in [-0.4, -0.2) is 22.6 Å². The molecule has 1 fully saturated rings. The SMILES string of the molecule is Cc1cc([C@H]2CCCN2C(=O)Nc2ccc(F)cc2F)no1. The smallest absolute Gasteiger partial charge is 0.322 e.